The van der Waals surface area contributed by atoms with Gasteiger partial charge >= 0.3 is 0 Å². The summed E-state index contributed by atoms with van der Waals surface area (Å²) in [4.78, 5) is 0. The SMILES string of the molecule is CCC[C@@H](O)C(O)(CCOCC)Cc1ccccc1. The predicted octanol–water partition coefficient (Wildman–Crippen LogP) is 2.55. The molecule has 1 aromatic rings. The van der Waals surface area contributed by atoms with Crippen LogP contribution in [0.2, 0.25) is 0 Å². The van der Waals surface area contributed by atoms with Gasteiger partial charge in [-0.1, -0.05) is 43.7 Å². The molecule has 19 heavy (non-hydrogen) atoms. The van der Waals surface area contributed by atoms with Gasteiger partial charge in [-0.05, 0) is 18.9 Å². The van der Waals surface area contributed by atoms with Gasteiger partial charge in [0, 0.05) is 26.1 Å². The Bertz CT molecular complexity index is 339. The van der Waals surface area contributed by atoms with Crippen LogP contribution in [0.5, 0.6) is 0 Å². The Kier molecular flexibility index (Phi) is 7.06. The first kappa shape index (κ1) is 16.2. The van der Waals surface area contributed by atoms with Gasteiger partial charge < -0.3 is 14.9 Å². The number of benzene rings is 1. The van der Waals surface area contributed by atoms with Crippen molar-refractivity contribution in [2.45, 2.75) is 51.2 Å². The molecule has 0 amide bonds. The quantitative estimate of drug-likeness (QED) is 0.675. The summed E-state index contributed by atoms with van der Waals surface area (Å²) in [5.74, 6) is 0. The van der Waals surface area contributed by atoms with Crippen molar-refractivity contribution in [3.63, 3.8) is 0 Å². The fourth-order valence-electron chi connectivity index (χ4n) is 2.26. The predicted molar refractivity (Wildman–Crippen MR) is 77.1 cm³/mol. The molecule has 0 saturated carbocycles. The van der Waals surface area contributed by atoms with E-state index in [2.05, 4.69) is 0 Å². The maximum atomic E-state index is 10.8. The minimum Gasteiger partial charge on any atom is -0.390 e. The highest BCUT2D eigenvalue weighted by molar-refractivity contribution is 5.17. The Morgan fingerprint density at radius 2 is 1.89 bits per heavy atom. The molecule has 0 aromatic heterocycles. The highest BCUT2D eigenvalue weighted by atomic mass is 16.5. The zero-order chi connectivity index (χ0) is 14.1. The zero-order valence-electron chi connectivity index (χ0n) is 12.0. The summed E-state index contributed by atoms with van der Waals surface area (Å²) in [5, 5.41) is 21.0. The van der Waals surface area contributed by atoms with E-state index >= 15 is 0 Å². The smallest absolute Gasteiger partial charge is 0.0967 e. The fraction of sp³-hybridized carbons (Fsp3) is 0.625. The highest BCUT2D eigenvalue weighted by Crippen LogP contribution is 2.24. The van der Waals surface area contributed by atoms with Gasteiger partial charge in [-0.15, -0.1) is 0 Å². The number of hydrogen-bond acceptors (Lipinski definition) is 3. The second-order valence-corrected chi connectivity index (χ2v) is 5.02. The van der Waals surface area contributed by atoms with Gasteiger partial charge in [0.05, 0.1) is 11.7 Å². The van der Waals surface area contributed by atoms with Crippen LogP contribution < -0.4 is 0 Å². The third kappa shape index (κ3) is 5.31. The van der Waals surface area contributed by atoms with Gasteiger partial charge in [0.2, 0.25) is 0 Å². The minimum absolute atomic E-state index is 0.455. The largest absolute Gasteiger partial charge is 0.390 e. The van der Waals surface area contributed by atoms with Gasteiger partial charge in [0.1, 0.15) is 0 Å². The highest BCUT2D eigenvalue weighted by Gasteiger charge is 2.34. The van der Waals surface area contributed by atoms with Crippen LogP contribution in [0.15, 0.2) is 30.3 Å². The van der Waals surface area contributed by atoms with Crippen LogP contribution in [0.25, 0.3) is 0 Å². The lowest BCUT2D eigenvalue weighted by Gasteiger charge is -2.33. The van der Waals surface area contributed by atoms with E-state index < -0.39 is 11.7 Å². The summed E-state index contributed by atoms with van der Waals surface area (Å²) >= 11 is 0. The third-order valence-corrected chi connectivity index (χ3v) is 3.42. The van der Waals surface area contributed by atoms with Crippen LogP contribution >= 0.6 is 0 Å². The van der Waals surface area contributed by atoms with E-state index in [0.29, 0.717) is 32.5 Å². The van der Waals surface area contributed by atoms with E-state index in [1.165, 1.54) is 0 Å². The molecular weight excluding hydrogens is 240 g/mol. The van der Waals surface area contributed by atoms with Crippen molar-refractivity contribution in [1.29, 1.82) is 0 Å². The monoisotopic (exact) mass is 266 g/mol. The van der Waals surface area contributed by atoms with Gasteiger partial charge in [-0.25, -0.2) is 0 Å². The molecule has 0 aliphatic rings. The molecule has 0 aliphatic carbocycles. The van der Waals surface area contributed by atoms with E-state index in [9.17, 15) is 10.2 Å². The molecule has 3 nitrogen and oxygen atoms in total. The van der Waals surface area contributed by atoms with Crippen molar-refractivity contribution in [2.24, 2.45) is 0 Å². The van der Waals surface area contributed by atoms with E-state index in [-0.39, 0.29) is 0 Å². The Balaban J connectivity index is 2.72. The van der Waals surface area contributed by atoms with Gasteiger partial charge in [0.15, 0.2) is 0 Å². The Hall–Kier alpha value is -0.900. The van der Waals surface area contributed by atoms with Crippen LogP contribution in [0, 0.1) is 0 Å². The summed E-state index contributed by atoms with van der Waals surface area (Å²) in [7, 11) is 0. The average Bonchev–Trinajstić information content (AvgIpc) is 2.40. The number of hydrogen-bond donors (Lipinski definition) is 2. The molecule has 2 atom stereocenters. The fourth-order valence-corrected chi connectivity index (χ4v) is 2.26. The lowest BCUT2D eigenvalue weighted by molar-refractivity contribution is -0.0942. The molecule has 0 saturated heterocycles. The Morgan fingerprint density at radius 1 is 1.21 bits per heavy atom. The summed E-state index contributed by atoms with van der Waals surface area (Å²) < 4.78 is 5.32. The average molecular weight is 266 g/mol. The number of aliphatic hydroxyl groups is 2. The van der Waals surface area contributed by atoms with Crippen LogP contribution in [-0.2, 0) is 11.2 Å². The molecule has 108 valence electrons. The van der Waals surface area contributed by atoms with Crippen LogP contribution in [0.3, 0.4) is 0 Å². The van der Waals surface area contributed by atoms with Crippen LogP contribution in [-0.4, -0.2) is 35.1 Å². The second kappa shape index (κ2) is 8.31. The Morgan fingerprint density at radius 3 is 2.47 bits per heavy atom. The van der Waals surface area contributed by atoms with Crippen molar-refractivity contribution in [1.82, 2.24) is 0 Å². The van der Waals surface area contributed by atoms with Gasteiger partial charge in [-0.3, -0.25) is 0 Å². The zero-order valence-corrected chi connectivity index (χ0v) is 12.0. The molecule has 2 N–H and O–H groups in total. The first-order chi connectivity index (χ1) is 9.12. The molecule has 1 rings (SSSR count). The lowest BCUT2D eigenvalue weighted by atomic mass is 9.84. The first-order valence-electron chi connectivity index (χ1n) is 7.14. The Labute approximate surface area is 116 Å². The van der Waals surface area contributed by atoms with Crippen LogP contribution in [0.4, 0.5) is 0 Å². The maximum absolute atomic E-state index is 10.8. The van der Waals surface area contributed by atoms with E-state index in [1.54, 1.807) is 0 Å². The number of rotatable bonds is 9. The summed E-state index contributed by atoms with van der Waals surface area (Å²) in [6, 6.07) is 9.80. The third-order valence-electron chi connectivity index (χ3n) is 3.42. The molecule has 0 aliphatic heterocycles. The standard InChI is InChI=1S/C16H26O3/c1-3-8-15(17)16(18,11-12-19-4-2)13-14-9-6-5-7-10-14/h5-7,9-10,15,17-18H,3-4,8,11-13H2,1-2H3/t15-,16?/m1/s1. The summed E-state index contributed by atoms with van der Waals surface area (Å²) in [6.07, 6.45) is 1.67. The molecule has 0 radical (unpaired) electrons. The molecule has 0 bridgehead atoms. The van der Waals surface area contributed by atoms with E-state index in [0.717, 1.165) is 12.0 Å². The van der Waals surface area contributed by atoms with Crippen molar-refractivity contribution in [2.75, 3.05) is 13.2 Å². The molecule has 1 aromatic carbocycles. The van der Waals surface area contributed by atoms with Crippen molar-refractivity contribution in [3.8, 4) is 0 Å². The summed E-state index contributed by atoms with van der Waals surface area (Å²) in [5.41, 5.74) is -0.0661. The maximum Gasteiger partial charge on any atom is 0.0967 e. The summed E-state index contributed by atoms with van der Waals surface area (Å²) in [6.45, 7) is 5.04. The molecule has 0 spiro atoms. The molecule has 0 heterocycles. The van der Waals surface area contributed by atoms with Gasteiger partial charge in [-0.2, -0.15) is 0 Å². The minimum atomic E-state index is -1.10. The van der Waals surface area contributed by atoms with E-state index in [4.69, 9.17) is 4.74 Å². The number of ether oxygens (including phenoxy) is 1. The molecule has 3 heteroatoms. The number of aliphatic hydroxyl groups excluding tert-OH is 1. The normalized spacial score (nSPS) is 16.0. The molecular formula is C16H26O3. The van der Waals surface area contributed by atoms with Crippen molar-refractivity contribution < 1.29 is 14.9 Å². The van der Waals surface area contributed by atoms with Gasteiger partial charge in [0.25, 0.3) is 0 Å². The lowest BCUT2D eigenvalue weighted by Crippen LogP contribution is -2.45. The second-order valence-electron chi connectivity index (χ2n) is 5.02. The van der Waals surface area contributed by atoms with E-state index in [1.807, 2.05) is 44.2 Å². The molecule has 1 unspecified atom stereocenters. The molecule has 0 fully saturated rings. The van der Waals surface area contributed by atoms with Crippen molar-refractivity contribution in [3.05, 3.63) is 35.9 Å². The van der Waals surface area contributed by atoms with Crippen molar-refractivity contribution >= 4 is 0 Å². The van der Waals surface area contributed by atoms with Crippen LogP contribution in [0.1, 0.15) is 38.7 Å². The first-order valence-corrected chi connectivity index (χ1v) is 7.14. The topological polar surface area (TPSA) is 49.7 Å².